The number of nitrogens with one attached hydrogen (secondary N) is 1. The Hall–Kier alpha value is -0.464. The average molecular weight is 352 g/mol. The van der Waals surface area contributed by atoms with Gasteiger partial charge in [-0.25, -0.2) is 4.39 Å². The van der Waals surface area contributed by atoms with Crippen molar-refractivity contribution >= 4 is 11.4 Å². The molecule has 1 heterocycles. The van der Waals surface area contributed by atoms with Crippen LogP contribution in [0.2, 0.25) is 0 Å². The van der Waals surface area contributed by atoms with E-state index in [1.807, 2.05) is 7.05 Å². The maximum absolute atomic E-state index is 13.1. The van der Waals surface area contributed by atoms with Gasteiger partial charge in [-0.05, 0) is 36.1 Å². The maximum atomic E-state index is 13.1. The summed E-state index contributed by atoms with van der Waals surface area (Å²) in [7, 11) is 1.92. The first kappa shape index (κ1) is 19.9. The second-order valence-corrected chi connectivity index (χ2v) is 6.65. The van der Waals surface area contributed by atoms with E-state index >= 15 is 0 Å². The van der Waals surface area contributed by atoms with Gasteiger partial charge in [0.05, 0.1) is 11.4 Å². The Morgan fingerprint density at radius 2 is 1.83 bits per heavy atom. The largest absolute Gasteiger partial charge is 1.00 e. The summed E-state index contributed by atoms with van der Waals surface area (Å²) in [6.07, 6.45) is 0.980. The summed E-state index contributed by atoms with van der Waals surface area (Å²) < 4.78 is 13.1. The third-order valence-electron chi connectivity index (χ3n) is 4.61. The molecule has 3 rings (SSSR count). The van der Waals surface area contributed by atoms with Crippen molar-refractivity contribution in [2.75, 3.05) is 12.4 Å². The van der Waals surface area contributed by atoms with E-state index in [-0.39, 0.29) is 62.7 Å². The number of hydrogen-bond acceptors (Lipinski definition) is 2. The number of hydrogen-bond donors (Lipinski definition) is 1. The zero-order valence-electron chi connectivity index (χ0n) is 15.1. The Morgan fingerprint density at radius 1 is 1.21 bits per heavy atom. The SMILES string of the molecule is CNc1ccc(C2([N-]c3ccc(F)cc3)CC2C)nc1C(C)C.[K+]. The van der Waals surface area contributed by atoms with Gasteiger partial charge < -0.3 is 10.6 Å². The van der Waals surface area contributed by atoms with Crippen LogP contribution >= 0.6 is 0 Å². The van der Waals surface area contributed by atoms with Crippen LogP contribution in [0.4, 0.5) is 15.8 Å². The summed E-state index contributed by atoms with van der Waals surface area (Å²) in [6, 6.07) is 10.5. The van der Waals surface area contributed by atoms with E-state index in [2.05, 4.69) is 38.2 Å². The Balaban J connectivity index is 0.00000208. The van der Waals surface area contributed by atoms with E-state index in [0.717, 1.165) is 29.2 Å². The Morgan fingerprint density at radius 3 is 2.33 bits per heavy atom. The second-order valence-electron chi connectivity index (χ2n) is 6.65. The Bertz CT molecular complexity index is 702. The van der Waals surface area contributed by atoms with Crippen LogP contribution < -0.4 is 56.7 Å². The van der Waals surface area contributed by atoms with Crippen LogP contribution in [0.1, 0.15) is 44.5 Å². The van der Waals surface area contributed by atoms with Gasteiger partial charge in [-0.1, -0.05) is 44.9 Å². The molecule has 1 aliphatic rings. The topological polar surface area (TPSA) is 39.0 Å². The fourth-order valence-electron chi connectivity index (χ4n) is 3.09. The van der Waals surface area contributed by atoms with Gasteiger partial charge in [0.2, 0.25) is 0 Å². The maximum Gasteiger partial charge on any atom is 1.00 e. The van der Waals surface area contributed by atoms with Gasteiger partial charge in [0.1, 0.15) is 5.82 Å². The number of anilines is 1. The fourth-order valence-corrected chi connectivity index (χ4v) is 3.09. The average Bonchev–Trinajstić information content (AvgIpc) is 3.19. The zero-order valence-corrected chi connectivity index (χ0v) is 18.2. The molecule has 0 spiro atoms. The molecule has 1 aliphatic carbocycles. The van der Waals surface area contributed by atoms with Crippen LogP contribution in [0.25, 0.3) is 5.32 Å². The summed E-state index contributed by atoms with van der Waals surface area (Å²) >= 11 is 0. The van der Waals surface area contributed by atoms with Crippen molar-refractivity contribution in [1.29, 1.82) is 0 Å². The van der Waals surface area contributed by atoms with E-state index in [1.165, 1.54) is 12.1 Å². The molecule has 24 heavy (non-hydrogen) atoms. The molecular weight excluding hydrogens is 328 g/mol. The second kappa shape index (κ2) is 7.83. The van der Waals surface area contributed by atoms with Crippen molar-refractivity contribution in [2.24, 2.45) is 5.92 Å². The minimum Gasteiger partial charge on any atom is -0.674 e. The summed E-state index contributed by atoms with van der Waals surface area (Å²) in [4.78, 5) is 4.91. The molecule has 2 aromatic rings. The third-order valence-corrected chi connectivity index (χ3v) is 4.61. The fraction of sp³-hybridized carbons (Fsp3) is 0.421. The molecule has 0 bridgehead atoms. The van der Waals surface area contributed by atoms with E-state index in [0.29, 0.717) is 11.8 Å². The van der Waals surface area contributed by atoms with Gasteiger partial charge in [-0.3, -0.25) is 4.98 Å². The van der Waals surface area contributed by atoms with Crippen molar-refractivity contribution in [2.45, 2.75) is 38.6 Å². The third kappa shape index (κ3) is 3.86. The van der Waals surface area contributed by atoms with Crippen LogP contribution in [0.15, 0.2) is 36.4 Å². The van der Waals surface area contributed by atoms with Crippen LogP contribution in [-0.2, 0) is 5.54 Å². The minimum absolute atomic E-state index is 0. The normalized spacial score (nSPS) is 22.0. The molecule has 2 unspecified atom stereocenters. The number of aromatic nitrogens is 1. The van der Waals surface area contributed by atoms with E-state index in [9.17, 15) is 4.39 Å². The number of pyridine rings is 1. The smallest absolute Gasteiger partial charge is 0.674 e. The summed E-state index contributed by atoms with van der Waals surface area (Å²) in [5, 5.41) is 8.11. The molecule has 1 saturated carbocycles. The summed E-state index contributed by atoms with van der Waals surface area (Å²) in [5.74, 6) is 0.551. The quantitative estimate of drug-likeness (QED) is 0.840. The Labute approximate surface area is 186 Å². The van der Waals surface area contributed by atoms with Crippen LogP contribution in [-0.4, -0.2) is 12.0 Å². The van der Waals surface area contributed by atoms with Gasteiger partial charge in [0, 0.05) is 12.7 Å². The van der Waals surface area contributed by atoms with Gasteiger partial charge in [-0.2, -0.15) is 0 Å². The molecule has 3 nitrogen and oxygen atoms in total. The predicted molar refractivity (Wildman–Crippen MR) is 92.8 cm³/mol. The molecule has 122 valence electrons. The van der Waals surface area contributed by atoms with E-state index in [1.54, 1.807) is 12.1 Å². The van der Waals surface area contributed by atoms with Crippen molar-refractivity contribution < 1.29 is 55.8 Å². The van der Waals surface area contributed by atoms with Crippen molar-refractivity contribution in [3.8, 4) is 0 Å². The first-order chi connectivity index (χ1) is 11.0. The number of halogens is 1. The molecule has 1 fully saturated rings. The van der Waals surface area contributed by atoms with Gasteiger partial charge in [0.25, 0.3) is 0 Å². The first-order valence-corrected chi connectivity index (χ1v) is 8.14. The van der Waals surface area contributed by atoms with E-state index in [4.69, 9.17) is 10.3 Å². The molecule has 2 atom stereocenters. The number of rotatable bonds is 5. The molecule has 0 radical (unpaired) electrons. The first-order valence-electron chi connectivity index (χ1n) is 8.14. The van der Waals surface area contributed by atoms with Crippen LogP contribution in [0.3, 0.4) is 0 Å². The van der Waals surface area contributed by atoms with Crippen LogP contribution in [0, 0.1) is 11.7 Å². The minimum atomic E-state index is -0.270. The van der Waals surface area contributed by atoms with Gasteiger partial charge in [-0.15, -0.1) is 5.69 Å². The van der Waals surface area contributed by atoms with Crippen molar-refractivity contribution in [1.82, 2.24) is 4.98 Å². The predicted octanol–water partition coefficient (Wildman–Crippen LogP) is 2.33. The summed E-state index contributed by atoms with van der Waals surface area (Å²) in [6.45, 7) is 6.48. The molecule has 0 aliphatic heterocycles. The molecule has 0 saturated heterocycles. The standard InChI is InChI=1S/C19H23FN3.K/c1-12(2)18-16(21-4)9-10-17(22-18)19(11-13(19)3)23-15-7-5-14(20)6-8-15;/h5-10,12-13,21H,11H2,1-4H3;/q-1;+1. The zero-order chi connectivity index (χ0) is 16.6. The van der Waals surface area contributed by atoms with Gasteiger partial charge >= 0.3 is 51.4 Å². The molecule has 5 heteroatoms. The van der Waals surface area contributed by atoms with E-state index < -0.39 is 0 Å². The molecule has 1 aromatic heterocycles. The molecule has 1 N–H and O–H groups in total. The number of benzene rings is 1. The molecular formula is C19H23FKN3. The molecule has 0 amide bonds. The van der Waals surface area contributed by atoms with Crippen LogP contribution in [0.5, 0.6) is 0 Å². The van der Waals surface area contributed by atoms with Gasteiger partial charge in [0.15, 0.2) is 0 Å². The van der Waals surface area contributed by atoms with Crippen molar-refractivity contribution in [3.05, 3.63) is 58.9 Å². The number of nitrogens with zero attached hydrogens (tertiary/aromatic N) is 2. The Kier molecular flexibility index (Phi) is 6.48. The molecule has 1 aromatic carbocycles. The monoisotopic (exact) mass is 351 g/mol. The summed E-state index contributed by atoms with van der Waals surface area (Å²) in [5.41, 5.74) is 3.68. The van der Waals surface area contributed by atoms with Crippen molar-refractivity contribution in [3.63, 3.8) is 0 Å².